The lowest BCUT2D eigenvalue weighted by Gasteiger charge is -2.31. The highest BCUT2D eigenvalue weighted by Crippen LogP contribution is 2.19. The summed E-state index contributed by atoms with van der Waals surface area (Å²) in [6, 6.07) is 11.0. The summed E-state index contributed by atoms with van der Waals surface area (Å²) in [4.78, 5) is 7.24. The summed E-state index contributed by atoms with van der Waals surface area (Å²) < 4.78 is 1.98. The summed E-state index contributed by atoms with van der Waals surface area (Å²) in [5.41, 5.74) is 1.32. The fraction of sp³-hybridized carbons (Fsp3) is 0.591. The molecule has 1 aromatic carbocycles. The van der Waals surface area contributed by atoms with Crippen molar-refractivity contribution in [2.45, 2.75) is 53.1 Å². The lowest BCUT2D eigenvalue weighted by atomic mass is 10.1. The zero-order valence-corrected chi connectivity index (χ0v) is 18.6. The average Bonchev–Trinajstić information content (AvgIpc) is 3.07. The summed E-state index contributed by atoms with van der Waals surface area (Å²) in [5, 5.41) is 15.4. The van der Waals surface area contributed by atoms with E-state index in [9.17, 15) is 0 Å². The zero-order valence-electron chi connectivity index (χ0n) is 18.6. The Morgan fingerprint density at radius 1 is 1.10 bits per heavy atom. The third kappa shape index (κ3) is 6.85. The van der Waals surface area contributed by atoms with Crippen LogP contribution in [-0.4, -0.2) is 51.8 Å². The van der Waals surface area contributed by atoms with Crippen molar-refractivity contribution < 1.29 is 0 Å². The Balaban J connectivity index is 2.12. The molecule has 1 unspecified atom stereocenters. The summed E-state index contributed by atoms with van der Waals surface area (Å²) >= 11 is 0. The van der Waals surface area contributed by atoms with Crippen LogP contribution >= 0.6 is 0 Å². The standard InChI is InChI=1S/C22H37N7/c1-6-9-15-23-22(25-17-21-27-26-18(4)28(21)5)24-16-20(29(7-2)8-3)19-13-11-10-12-14-19/h10-14,20H,6-9,15-17H2,1-5H3,(H2,23,24,25). The molecule has 0 saturated carbocycles. The van der Waals surface area contributed by atoms with Crippen LogP contribution in [-0.2, 0) is 13.6 Å². The lowest BCUT2D eigenvalue weighted by Crippen LogP contribution is -2.43. The maximum atomic E-state index is 4.77. The molecule has 2 aromatic rings. The van der Waals surface area contributed by atoms with Gasteiger partial charge in [0.15, 0.2) is 11.8 Å². The van der Waals surface area contributed by atoms with Gasteiger partial charge in [-0.25, -0.2) is 4.99 Å². The molecule has 0 aliphatic heterocycles. The number of nitrogens with one attached hydrogen (secondary N) is 2. The Hall–Kier alpha value is -2.41. The minimum Gasteiger partial charge on any atom is -0.356 e. The first-order chi connectivity index (χ1) is 14.1. The topological polar surface area (TPSA) is 70.4 Å². The number of aryl methyl sites for hydroxylation is 1. The van der Waals surface area contributed by atoms with E-state index in [4.69, 9.17) is 4.99 Å². The van der Waals surface area contributed by atoms with E-state index in [1.54, 1.807) is 0 Å². The van der Waals surface area contributed by atoms with Gasteiger partial charge >= 0.3 is 0 Å². The van der Waals surface area contributed by atoms with Gasteiger partial charge in [0.2, 0.25) is 0 Å². The molecule has 0 fully saturated rings. The molecule has 0 saturated heterocycles. The third-order valence-corrected chi connectivity index (χ3v) is 5.28. The van der Waals surface area contributed by atoms with E-state index in [-0.39, 0.29) is 0 Å². The van der Waals surface area contributed by atoms with Gasteiger partial charge in [-0.2, -0.15) is 0 Å². The van der Waals surface area contributed by atoms with Gasteiger partial charge in [-0.1, -0.05) is 57.5 Å². The van der Waals surface area contributed by atoms with Crippen LogP contribution < -0.4 is 10.6 Å². The highest BCUT2D eigenvalue weighted by Gasteiger charge is 2.18. The molecule has 0 bridgehead atoms. The third-order valence-electron chi connectivity index (χ3n) is 5.28. The van der Waals surface area contributed by atoms with Crippen molar-refractivity contribution in [1.29, 1.82) is 0 Å². The van der Waals surface area contributed by atoms with Crippen LogP contribution in [0.15, 0.2) is 35.3 Å². The molecule has 7 heteroatoms. The van der Waals surface area contributed by atoms with Gasteiger partial charge in [-0.15, -0.1) is 10.2 Å². The van der Waals surface area contributed by atoms with Gasteiger partial charge in [-0.3, -0.25) is 4.90 Å². The SMILES string of the molecule is CCCCNC(=NCc1nnc(C)n1C)NCC(c1ccccc1)N(CC)CC. The first kappa shape index (κ1) is 22.9. The number of guanidine groups is 1. The van der Waals surface area contributed by atoms with E-state index >= 15 is 0 Å². The molecule has 0 spiro atoms. The Bertz CT molecular complexity index is 735. The van der Waals surface area contributed by atoms with Gasteiger partial charge in [0.25, 0.3) is 0 Å². The maximum Gasteiger partial charge on any atom is 0.191 e. The zero-order chi connectivity index (χ0) is 21.1. The summed E-state index contributed by atoms with van der Waals surface area (Å²) in [6.07, 6.45) is 2.26. The monoisotopic (exact) mass is 399 g/mol. The molecular formula is C22H37N7. The first-order valence-corrected chi connectivity index (χ1v) is 10.8. The highest BCUT2D eigenvalue weighted by atomic mass is 15.3. The molecule has 29 heavy (non-hydrogen) atoms. The first-order valence-electron chi connectivity index (χ1n) is 10.8. The molecule has 0 radical (unpaired) electrons. The largest absolute Gasteiger partial charge is 0.356 e. The minimum atomic E-state index is 0.293. The Labute approximate surface area is 175 Å². The number of benzene rings is 1. The van der Waals surface area contributed by atoms with Gasteiger partial charge in [0, 0.05) is 20.1 Å². The molecule has 0 amide bonds. The van der Waals surface area contributed by atoms with Gasteiger partial charge in [-0.05, 0) is 32.0 Å². The Morgan fingerprint density at radius 3 is 2.41 bits per heavy atom. The number of hydrogen-bond donors (Lipinski definition) is 2. The fourth-order valence-electron chi connectivity index (χ4n) is 3.29. The number of likely N-dealkylation sites (N-methyl/N-ethyl adjacent to an activating group) is 1. The molecular weight excluding hydrogens is 362 g/mol. The van der Waals surface area contributed by atoms with Crippen LogP contribution in [0.3, 0.4) is 0 Å². The van der Waals surface area contributed by atoms with E-state index in [2.05, 4.69) is 76.8 Å². The van der Waals surface area contributed by atoms with E-state index < -0.39 is 0 Å². The van der Waals surface area contributed by atoms with Crippen molar-refractivity contribution in [3.63, 3.8) is 0 Å². The second-order valence-electron chi connectivity index (χ2n) is 7.20. The van der Waals surface area contributed by atoms with Gasteiger partial charge < -0.3 is 15.2 Å². The van der Waals surface area contributed by atoms with Gasteiger partial charge in [0.05, 0.1) is 6.04 Å². The molecule has 2 N–H and O–H groups in total. The van der Waals surface area contributed by atoms with Crippen LogP contribution in [0.25, 0.3) is 0 Å². The number of aliphatic imine (C=N–C) groups is 1. The number of rotatable bonds is 11. The van der Waals surface area contributed by atoms with Crippen molar-refractivity contribution in [3.8, 4) is 0 Å². The molecule has 0 aliphatic carbocycles. The van der Waals surface area contributed by atoms with Gasteiger partial charge in [0.1, 0.15) is 12.4 Å². The molecule has 1 atom stereocenters. The van der Waals surface area contributed by atoms with Crippen molar-refractivity contribution >= 4 is 5.96 Å². The van der Waals surface area contributed by atoms with Crippen molar-refractivity contribution in [3.05, 3.63) is 47.5 Å². The lowest BCUT2D eigenvalue weighted by molar-refractivity contribution is 0.219. The molecule has 2 rings (SSSR count). The number of aromatic nitrogens is 3. The van der Waals surface area contributed by atoms with Crippen LogP contribution in [0.2, 0.25) is 0 Å². The second-order valence-corrected chi connectivity index (χ2v) is 7.20. The predicted molar refractivity (Wildman–Crippen MR) is 120 cm³/mol. The summed E-state index contributed by atoms with van der Waals surface area (Å²) in [7, 11) is 1.98. The van der Waals surface area contributed by atoms with Crippen molar-refractivity contribution in [1.82, 2.24) is 30.3 Å². The maximum absolute atomic E-state index is 4.77. The van der Waals surface area contributed by atoms with Crippen molar-refractivity contribution in [2.24, 2.45) is 12.0 Å². The quantitative estimate of drug-likeness (QED) is 0.345. The summed E-state index contributed by atoms with van der Waals surface area (Å²) in [5.74, 6) is 2.59. The Morgan fingerprint density at radius 2 is 1.83 bits per heavy atom. The Kier molecular flexibility index (Phi) is 9.64. The molecule has 1 aromatic heterocycles. The summed E-state index contributed by atoms with van der Waals surface area (Å²) in [6.45, 7) is 12.8. The van der Waals surface area contributed by atoms with Crippen LogP contribution in [0.4, 0.5) is 0 Å². The molecule has 160 valence electrons. The normalized spacial score (nSPS) is 13.0. The molecule has 7 nitrogen and oxygen atoms in total. The van der Waals surface area contributed by atoms with Crippen LogP contribution in [0.1, 0.15) is 56.9 Å². The number of hydrogen-bond acceptors (Lipinski definition) is 4. The van der Waals surface area contributed by atoms with E-state index in [1.165, 1.54) is 5.56 Å². The number of nitrogens with zero attached hydrogens (tertiary/aromatic N) is 5. The van der Waals surface area contributed by atoms with E-state index in [0.717, 1.165) is 56.6 Å². The van der Waals surface area contributed by atoms with Crippen LogP contribution in [0.5, 0.6) is 0 Å². The fourth-order valence-corrected chi connectivity index (χ4v) is 3.29. The number of unbranched alkanes of at least 4 members (excludes halogenated alkanes) is 1. The highest BCUT2D eigenvalue weighted by molar-refractivity contribution is 5.79. The second kappa shape index (κ2) is 12.2. The van der Waals surface area contributed by atoms with Crippen molar-refractivity contribution in [2.75, 3.05) is 26.2 Å². The molecule has 0 aliphatic rings. The predicted octanol–water partition coefficient (Wildman–Crippen LogP) is 3.04. The van der Waals surface area contributed by atoms with Crippen LogP contribution in [0, 0.1) is 6.92 Å². The van der Waals surface area contributed by atoms with E-state index in [0.29, 0.717) is 12.6 Å². The van der Waals surface area contributed by atoms with E-state index in [1.807, 2.05) is 18.5 Å². The molecule has 1 heterocycles. The average molecular weight is 400 g/mol. The smallest absolute Gasteiger partial charge is 0.191 e. The minimum absolute atomic E-state index is 0.293.